The summed E-state index contributed by atoms with van der Waals surface area (Å²) in [6.07, 6.45) is 1.24. The van der Waals surface area contributed by atoms with E-state index in [0.29, 0.717) is 11.4 Å². The van der Waals surface area contributed by atoms with E-state index in [1.165, 1.54) is 0 Å². The Morgan fingerprint density at radius 2 is 2.14 bits per heavy atom. The Hall–Kier alpha value is -1.28. The maximum absolute atomic E-state index is 10.5. The Bertz CT molecular complexity index is 448. The van der Waals surface area contributed by atoms with Gasteiger partial charge in [0.2, 0.25) is 0 Å². The van der Waals surface area contributed by atoms with Crippen molar-refractivity contribution < 1.29 is 4.79 Å². The smallest absolute Gasteiger partial charge is 0.125 e. The lowest BCUT2D eigenvalue weighted by molar-refractivity contribution is -0.107. The number of carbonyl (C=O) groups is 1. The van der Waals surface area contributed by atoms with Gasteiger partial charge in [-0.05, 0) is 6.07 Å². The maximum atomic E-state index is 10.5. The quantitative estimate of drug-likeness (QED) is 0.694. The van der Waals surface area contributed by atoms with E-state index in [1.54, 1.807) is 0 Å². The highest BCUT2D eigenvalue weighted by molar-refractivity contribution is 6.36. The summed E-state index contributed by atoms with van der Waals surface area (Å²) >= 11 is 6.16. The van der Waals surface area contributed by atoms with Crippen molar-refractivity contribution in [3.8, 4) is 0 Å². The lowest BCUT2D eigenvalue weighted by Gasteiger charge is -1.99. The zero-order valence-electron chi connectivity index (χ0n) is 7.83. The minimum atomic E-state index is 0.365. The second-order valence-corrected chi connectivity index (χ2v) is 3.59. The number of fused-ring (bicyclic) bond motifs is 1. The van der Waals surface area contributed by atoms with Gasteiger partial charge in [-0.25, -0.2) is 0 Å². The van der Waals surface area contributed by atoms with Crippen LogP contribution in [0.2, 0.25) is 5.02 Å². The number of aldehydes is 1. The van der Waals surface area contributed by atoms with Crippen LogP contribution in [0.5, 0.6) is 0 Å². The Labute approximate surface area is 87.1 Å². The molecule has 0 amide bonds. The largest absolute Gasteiger partial charge is 0.346 e. The molecule has 0 atom stereocenters. The molecule has 2 aromatic rings. The Morgan fingerprint density at radius 3 is 2.79 bits per heavy atom. The third-order valence-corrected chi connectivity index (χ3v) is 2.86. The molecule has 0 N–H and O–H groups in total. The molecule has 14 heavy (non-hydrogen) atoms. The van der Waals surface area contributed by atoms with Gasteiger partial charge in [-0.1, -0.05) is 29.8 Å². The van der Waals surface area contributed by atoms with Gasteiger partial charge >= 0.3 is 0 Å². The molecule has 0 fully saturated rings. The molecule has 1 aromatic carbocycles. The van der Waals surface area contributed by atoms with E-state index in [9.17, 15) is 4.79 Å². The van der Waals surface area contributed by atoms with Gasteiger partial charge in [-0.3, -0.25) is 0 Å². The number of para-hydroxylation sites is 1. The first kappa shape index (κ1) is 9.28. The normalized spacial score (nSPS) is 10.7. The van der Waals surface area contributed by atoms with Crippen LogP contribution in [0.25, 0.3) is 10.9 Å². The van der Waals surface area contributed by atoms with Gasteiger partial charge in [-0.15, -0.1) is 0 Å². The van der Waals surface area contributed by atoms with Crippen LogP contribution in [0.3, 0.4) is 0 Å². The van der Waals surface area contributed by atoms with Crippen molar-refractivity contribution in [1.29, 1.82) is 0 Å². The second kappa shape index (κ2) is 3.46. The van der Waals surface area contributed by atoms with Crippen molar-refractivity contribution in [2.75, 3.05) is 0 Å². The van der Waals surface area contributed by atoms with E-state index in [1.807, 2.05) is 35.9 Å². The van der Waals surface area contributed by atoms with Gasteiger partial charge in [0, 0.05) is 30.1 Å². The van der Waals surface area contributed by atoms with Crippen LogP contribution in [-0.4, -0.2) is 10.9 Å². The number of aryl methyl sites for hydroxylation is 1. The second-order valence-electron chi connectivity index (χ2n) is 3.21. The molecule has 0 aliphatic rings. The Kier molecular flexibility index (Phi) is 2.30. The SMILES string of the molecule is Cn1c(CC=O)c(Cl)c2ccccc21. The molecule has 0 aliphatic carbocycles. The Balaban J connectivity index is 2.78. The highest BCUT2D eigenvalue weighted by Gasteiger charge is 2.11. The fourth-order valence-electron chi connectivity index (χ4n) is 1.71. The summed E-state index contributed by atoms with van der Waals surface area (Å²) in [4.78, 5) is 10.5. The highest BCUT2D eigenvalue weighted by atomic mass is 35.5. The fourth-order valence-corrected chi connectivity index (χ4v) is 2.07. The summed E-state index contributed by atoms with van der Waals surface area (Å²) in [5.41, 5.74) is 1.94. The molecule has 72 valence electrons. The van der Waals surface area contributed by atoms with Gasteiger partial charge in [0.05, 0.1) is 5.02 Å². The summed E-state index contributed by atoms with van der Waals surface area (Å²) in [6, 6.07) is 7.86. The molecule has 3 heteroatoms. The molecule has 0 spiro atoms. The van der Waals surface area contributed by atoms with Crippen molar-refractivity contribution in [2.24, 2.45) is 7.05 Å². The third kappa shape index (κ3) is 1.23. The van der Waals surface area contributed by atoms with Crippen molar-refractivity contribution >= 4 is 28.8 Å². The molecular weight excluding hydrogens is 198 g/mol. The number of halogens is 1. The zero-order valence-corrected chi connectivity index (χ0v) is 8.58. The summed E-state index contributed by atoms with van der Waals surface area (Å²) in [6.45, 7) is 0. The molecule has 0 unspecified atom stereocenters. The third-order valence-electron chi connectivity index (χ3n) is 2.44. The molecule has 1 heterocycles. The number of rotatable bonds is 2. The van der Waals surface area contributed by atoms with Crippen LogP contribution in [0.1, 0.15) is 5.69 Å². The molecule has 2 nitrogen and oxygen atoms in total. The molecule has 0 saturated heterocycles. The van der Waals surface area contributed by atoms with Gasteiger partial charge in [0.25, 0.3) is 0 Å². The monoisotopic (exact) mass is 207 g/mol. The molecular formula is C11H10ClNO. The van der Waals surface area contributed by atoms with Crippen LogP contribution in [0.4, 0.5) is 0 Å². The van der Waals surface area contributed by atoms with Gasteiger partial charge in [0.15, 0.2) is 0 Å². The van der Waals surface area contributed by atoms with Crippen LogP contribution >= 0.6 is 11.6 Å². The van der Waals surface area contributed by atoms with Crippen molar-refractivity contribution in [2.45, 2.75) is 6.42 Å². The summed E-state index contributed by atoms with van der Waals surface area (Å²) in [5.74, 6) is 0. The summed E-state index contributed by atoms with van der Waals surface area (Å²) < 4.78 is 1.96. The highest BCUT2D eigenvalue weighted by Crippen LogP contribution is 2.29. The number of nitrogens with zero attached hydrogens (tertiary/aromatic N) is 1. The standard InChI is InChI=1S/C11H10ClNO/c1-13-9-5-3-2-4-8(9)11(12)10(13)6-7-14/h2-5,7H,6H2,1H3. The minimum Gasteiger partial charge on any atom is -0.346 e. The summed E-state index contributed by atoms with van der Waals surface area (Å²) in [5, 5.41) is 1.70. The molecule has 2 rings (SSSR count). The van der Waals surface area contributed by atoms with Crippen molar-refractivity contribution in [3.63, 3.8) is 0 Å². The van der Waals surface area contributed by atoms with Crippen LogP contribution in [-0.2, 0) is 18.3 Å². The number of hydrogen-bond donors (Lipinski definition) is 0. The van der Waals surface area contributed by atoms with E-state index in [0.717, 1.165) is 22.9 Å². The molecule has 0 radical (unpaired) electrons. The van der Waals surface area contributed by atoms with Crippen molar-refractivity contribution in [1.82, 2.24) is 4.57 Å². The van der Waals surface area contributed by atoms with Crippen molar-refractivity contribution in [3.05, 3.63) is 35.0 Å². The van der Waals surface area contributed by atoms with Crippen LogP contribution in [0.15, 0.2) is 24.3 Å². The molecule has 0 bridgehead atoms. The fraction of sp³-hybridized carbons (Fsp3) is 0.182. The van der Waals surface area contributed by atoms with Gasteiger partial charge in [-0.2, -0.15) is 0 Å². The predicted molar refractivity (Wildman–Crippen MR) is 57.7 cm³/mol. The number of benzene rings is 1. The molecule has 1 aromatic heterocycles. The van der Waals surface area contributed by atoms with E-state index < -0.39 is 0 Å². The minimum absolute atomic E-state index is 0.365. The predicted octanol–water partition coefficient (Wildman–Crippen LogP) is 2.57. The van der Waals surface area contributed by atoms with E-state index in [4.69, 9.17) is 11.6 Å². The average Bonchev–Trinajstić information content (AvgIpc) is 2.45. The van der Waals surface area contributed by atoms with Gasteiger partial charge in [0.1, 0.15) is 6.29 Å². The first-order chi connectivity index (χ1) is 6.75. The Morgan fingerprint density at radius 1 is 1.43 bits per heavy atom. The lowest BCUT2D eigenvalue weighted by Crippen LogP contribution is -1.96. The van der Waals surface area contributed by atoms with Crippen LogP contribution < -0.4 is 0 Å². The lowest BCUT2D eigenvalue weighted by atomic mass is 10.2. The average molecular weight is 208 g/mol. The number of aromatic nitrogens is 1. The maximum Gasteiger partial charge on any atom is 0.125 e. The number of hydrogen-bond acceptors (Lipinski definition) is 1. The van der Waals surface area contributed by atoms with E-state index in [2.05, 4.69) is 0 Å². The first-order valence-electron chi connectivity index (χ1n) is 4.41. The summed E-state index contributed by atoms with van der Waals surface area (Å²) in [7, 11) is 1.92. The van der Waals surface area contributed by atoms with Crippen LogP contribution in [0, 0.1) is 0 Å². The van der Waals surface area contributed by atoms with E-state index in [-0.39, 0.29) is 0 Å². The molecule has 0 saturated carbocycles. The first-order valence-corrected chi connectivity index (χ1v) is 4.79. The zero-order chi connectivity index (χ0) is 10.1. The topological polar surface area (TPSA) is 22.0 Å². The molecule has 0 aliphatic heterocycles. The number of carbonyl (C=O) groups excluding carboxylic acids is 1. The van der Waals surface area contributed by atoms with Gasteiger partial charge < -0.3 is 9.36 Å². The van der Waals surface area contributed by atoms with E-state index >= 15 is 0 Å².